The zero-order chi connectivity index (χ0) is 22.8. The SMILES string of the molecule is COc1ccc(C(=O)N2CC(=O)Nc3ccc(F)cc3[C@H]2c2ccc(F)cc2)c(OC)c1. The van der Waals surface area contributed by atoms with Gasteiger partial charge in [0.1, 0.15) is 29.7 Å². The van der Waals surface area contributed by atoms with Crippen molar-refractivity contribution in [3.8, 4) is 11.5 Å². The summed E-state index contributed by atoms with van der Waals surface area (Å²) in [6.45, 7) is -0.299. The van der Waals surface area contributed by atoms with E-state index in [1.54, 1.807) is 12.1 Å². The maximum atomic E-state index is 14.2. The van der Waals surface area contributed by atoms with Crippen molar-refractivity contribution in [3.63, 3.8) is 0 Å². The summed E-state index contributed by atoms with van der Waals surface area (Å²) < 4.78 is 38.4. The third-order valence-corrected chi connectivity index (χ3v) is 5.29. The van der Waals surface area contributed by atoms with Gasteiger partial charge in [0.15, 0.2) is 0 Å². The van der Waals surface area contributed by atoms with Crippen molar-refractivity contribution in [2.75, 3.05) is 26.1 Å². The van der Waals surface area contributed by atoms with Gasteiger partial charge < -0.3 is 19.7 Å². The number of nitrogens with one attached hydrogen (secondary N) is 1. The smallest absolute Gasteiger partial charge is 0.258 e. The summed E-state index contributed by atoms with van der Waals surface area (Å²) in [5, 5.41) is 2.72. The molecule has 4 rings (SSSR count). The van der Waals surface area contributed by atoms with E-state index in [2.05, 4.69) is 5.32 Å². The lowest BCUT2D eigenvalue weighted by Crippen LogP contribution is -2.39. The van der Waals surface area contributed by atoms with Crippen LogP contribution in [0, 0.1) is 11.6 Å². The molecule has 1 N–H and O–H groups in total. The average Bonchev–Trinajstić information content (AvgIpc) is 2.94. The highest BCUT2D eigenvalue weighted by Crippen LogP contribution is 2.38. The summed E-state index contributed by atoms with van der Waals surface area (Å²) >= 11 is 0. The van der Waals surface area contributed by atoms with Crippen LogP contribution >= 0.6 is 0 Å². The van der Waals surface area contributed by atoms with Crippen molar-refractivity contribution in [2.45, 2.75) is 6.04 Å². The Morgan fingerprint density at radius 3 is 2.38 bits per heavy atom. The molecule has 0 aliphatic carbocycles. The molecule has 3 aromatic carbocycles. The second-order valence-corrected chi connectivity index (χ2v) is 7.23. The van der Waals surface area contributed by atoms with Gasteiger partial charge in [0.25, 0.3) is 5.91 Å². The highest BCUT2D eigenvalue weighted by Gasteiger charge is 2.35. The molecule has 164 valence electrons. The second kappa shape index (κ2) is 8.66. The van der Waals surface area contributed by atoms with Gasteiger partial charge in [0.05, 0.1) is 25.8 Å². The number of anilines is 1. The number of rotatable bonds is 4. The van der Waals surface area contributed by atoms with E-state index in [0.717, 1.165) is 0 Å². The lowest BCUT2D eigenvalue weighted by atomic mass is 9.95. The van der Waals surface area contributed by atoms with Crippen LogP contribution in [0.1, 0.15) is 27.5 Å². The Bertz CT molecular complexity index is 1180. The van der Waals surface area contributed by atoms with Gasteiger partial charge >= 0.3 is 0 Å². The van der Waals surface area contributed by atoms with Crippen molar-refractivity contribution in [3.05, 3.63) is 89.0 Å². The topological polar surface area (TPSA) is 67.9 Å². The van der Waals surface area contributed by atoms with E-state index < -0.39 is 29.5 Å². The van der Waals surface area contributed by atoms with E-state index in [1.165, 1.54) is 67.7 Å². The molecule has 1 aliphatic rings. The van der Waals surface area contributed by atoms with Gasteiger partial charge in [-0.15, -0.1) is 0 Å². The molecule has 0 saturated heterocycles. The summed E-state index contributed by atoms with van der Waals surface area (Å²) in [6.07, 6.45) is 0. The fraction of sp³-hybridized carbons (Fsp3) is 0.167. The molecule has 0 fully saturated rings. The van der Waals surface area contributed by atoms with Crippen LogP contribution in [0.3, 0.4) is 0 Å². The number of ether oxygens (including phenoxy) is 2. The van der Waals surface area contributed by atoms with E-state index in [9.17, 15) is 18.4 Å². The zero-order valence-corrected chi connectivity index (χ0v) is 17.4. The summed E-state index contributed by atoms with van der Waals surface area (Å²) in [5.74, 6) is -1.17. The quantitative estimate of drug-likeness (QED) is 0.664. The summed E-state index contributed by atoms with van der Waals surface area (Å²) in [6, 6.07) is 13.3. The number of nitrogens with zero attached hydrogens (tertiary/aromatic N) is 1. The Morgan fingerprint density at radius 1 is 0.969 bits per heavy atom. The first-order valence-corrected chi connectivity index (χ1v) is 9.79. The molecule has 1 heterocycles. The minimum atomic E-state index is -0.848. The fourth-order valence-corrected chi connectivity index (χ4v) is 3.80. The normalized spacial score (nSPS) is 15.4. The zero-order valence-electron chi connectivity index (χ0n) is 17.4. The third-order valence-electron chi connectivity index (χ3n) is 5.29. The maximum Gasteiger partial charge on any atom is 0.258 e. The molecule has 1 atom stereocenters. The molecule has 0 aromatic heterocycles. The minimum Gasteiger partial charge on any atom is -0.497 e. The molecule has 0 saturated carbocycles. The van der Waals surface area contributed by atoms with Gasteiger partial charge in [-0.1, -0.05) is 12.1 Å². The van der Waals surface area contributed by atoms with Crippen LogP contribution in [-0.4, -0.2) is 37.5 Å². The number of carbonyl (C=O) groups is 2. The van der Waals surface area contributed by atoms with E-state index in [0.29, 0.717) is 22.6 Å². The Labute approximate surface area is 183 Å². The first kappa shape index (κ1) is 21.3. The molecule has 2 amide bonds. The van der Waals surface area contributed by atoms with E-state index >= 15 is 0 Å². The largest absolute Gasteiger partial charge is 0.497 e. The predicted octanol–water partition coefficient (Wildman–Crippen LogP) is 4.17. The van der Waals surface area contributed by atoms with Gasteiger partial charge in [0, 0.05) is 17.3 Å². The van der Waals surface area contributed by atoms with Crippen molar-refractivity contribution in [2.24, 2.45) is 0 Å². The Hall–Kier alpha value is -3.94. The van der Waals surface area contributed by atoms with Gasteiger partial charge in [-0.2, -0.15) is 0 Å². The number of amides is 2. The van der Waals surface area contributed by atoms with Gasteiger partial charge in [-0.3, -0.25) is 9.59 Å². The summed E-state index contributed by atoms with van der Waals surface area (Å²) in [7, 11) is 2.91. The number of halogens is 2. The number of hydrogen-bond donors (Lipinski definition) is 1. The Balaban J connectivity index is 1.89. The van der Waals surface area contributed by atoms with Crippen LogP contribution in [-0.2, 0) is 4.79 Å². The van der Waals surface area contributed by atoms with Crippen LogP contribution in [0.5, 0.6) is 11.5 Å². The predicted molar refractivity (Wildman–Crippen MR) is 114 cm³/mol. The fourth-order valence-electron chi connectivity index (χ4n) is 3.80. The number of benzene rings is 3. The second-order valence-electron chi connectivity index (χ2n) is 7.23. The number of hydrogen-bond acceptors (Lipinski definition) is 4. The number of carbonyl (C=O) groups excluding carboxylic acids is 2. The molecule has 0 unspecified atom stereocenters. The lowest BCUT2D eigenvalue weighted by molar-refractivity contribution is -0.117. The molecular weight excluding hydrogens is 418 g/mol. The maximum absolute atomic E-state index is 14.2. The van der Waals surface area contributed by atoms with Crippen molar-refractivity contribution in [1.29, 1.82) is 0 Å². The summed E-state index contributed by atoms with van der Waals surface area (Å²) in [4.78, 5) is 27.7. The molecule has 32 heavy (non-hydrogen) atoms. The van der Waals surface area contributed by atoms with E-state index in [-0.39, 0.29) is 17.9 Å². The Kier molecular flexibility index (Phi) is 5.77. The Morgan fingerprint density at radius 2 is 1.69 bits per heavy atom. The molecule has 3 aromatic rings. The van der Waals surface area contributed by atoms with Crippen molar-refractivity contribution < 1.29 is 27.8 Å². The number of fused-ring (bicyclic) bond motifs is 1. The van der Waals surface area contributed by atoms with E-state index in [4.69, 9.17) is 9.47 Å². The van der Waals surface area contributed by atoms with Crippen LogP contribution in [0.2, 0.25) is 0 Å². The average molecular weight is 438 g/mol. The highest BCUT2D eigenvalue weighted by atomic mass is 19.1. The van der Waals surface area contributed by atoms with Crippen LogP contribution < -0.4 is 14.8 Å². The minimum absolute atomic E-state index is 0.202. The van der Waals surface area contributed by atoms with Crippen molar-refractivity contribution >= 4 is 17.5 Å². The number of methoxy groups -OCH3 is 2. The molecule has 8 heteroatoms. The van der Waals surface area contributed by atoms with Crippen LogP contribution in [0.15, 0.2) is 60.7 Å². The van der Waals surface area contributed by atoms with E-state index in [1.807, 2.05) is 0 Å². The summed E-state index contributed by atoms with van der Waals surface area (Å²) in [5.41, 5.74) is 1.48. The first-order valence-electron chi connectivity index (χ1n) is 9.79. The van der Waals surface area contributed by atoms with Gasteiger partial charge in [0.2, 0.25) is 5.91 Å². The highest BCUT2D eigenvalue weighted by molar-refractivity contribution is 6.03. The monoisotopic (exact) mass is 438 g/mol. The molecule has 0 bridgehead atoms. The molecule has 0 radical (unpaired) electrons. The molecule has 1 aliphatic heterocycles. The van der Waals surface area contributed by atoms with Crippen LogP contribution in [0.25, 0.3) is 0 Å². The van der Waals surface area contributed by atoms with Gasteiger partial charge in [-0.25, -0.2) is 8.78 Å². The van der Waals surface area contributed by atoms with Gasteiger partial charge in [-0.05, 0) is 48.0 Å². The van der Waals surface area contributed by atoms with Crippen molar-refractivity contribution in [1.82, 2.24) is 4.90 Å². The molecule has 0 spiro atoms. The first-order chi connectivity index (χ1) is 15.4. The standard InChI is InChI=1S/C24H20F2N2O4/c1-31-17-8-9-18(21(12-17)32-2)24(30)28-13-22(29)27-20-10-7-16(26)11-19(20)23(28)14-3-5-15(25)6-4-14/h3-12,23H,13H2,1-2H3,(H,27,29)/t23-/m1/s1. The molecule has 6 nitrogen and oxygen atoms in total. The lowest BCUT2D eigenvalue weighted by Gasteiger charge is -2.31. The third kappa shape index (κ3) is 3.99. The van der Waals surface area contributed by atoms with Crippen LogP contribution in [0.4, 0.5) is 14.5 Å². The molecular formula is C24H20F2N2O4.